The molecule has 17 heavy (non-hydrogen) atoms. The van der Waals surface area contributed by atoms with Crippen LogP contribution >= 0.6 is 0 Å². The van der Waals surface area contributed by atoms with E-state index in [1.807, 2.05) is 26.0 Å². The molecule has 1 N–H and O–H groups in total. The van der Waals surface area contributed by atoms with Crippen molar-refractivity contribution in [2.24, 2.45) is 0 Å². The third-order valence-electron chi connectivity index (χ3n) is 2.56. The molecule has 0 amide bonds. The van der Waals surface area contributed by atoms with Gasteiger partial charge in [0.25, 0.3) is 0 Å². The quantitative estimate of drug-likeness (QED) is 0.824. The maximum atomic E-state index is 5.84. The Morgan fingerprint density at radius 1 is 1.24 bits per heavy atom. The number of rotatable bonds is 6. The average Bonchev–Trinajstić information content (AvgIpc) is 2.28. The van der Waals surface area contributed by atoms with Crippen molar-refractivity contribution in [1.82, 2.24) is 5.32 Å². The fourth-order valence-electron chi connectivity index (χ4n) is 1.77. The van der Waals surface area contributed by atoms with Crippen LogP contribution in [0.1, 0.15) is 39.3 Å². The first-order chi connectivity index (χ1) is 8.08. The van der Waals surface area contributed by atoms with Crippen LogP contribution in [0.3, 0.4) is 0 Å². The van der Waals surface area contributed by atoms with Crippen LogP contribution in [0.25, 0.3) is 0 Å². The molecule has 96 valence electrons. The summed E-state index contributed by atoms with van der Waals surface area (Å²) >= 11 is 0. The van der Waals surface area contributed by atoms with Crippen LogP contribution in [-0.2, 0) is 0 Å². The number of hydrogen-bond acceptors (Lipinski definition) is 3. The Bertz CT molecular complexity index is 350. The van der Waals surface area contributed by atoms with Gasteiger partial charge in [-0.15, -0.1) is 0 Å². The molecular weight excluding hydrogens is 214 g/mol. The average molecular weight is 237 g/mol. The van der Waals surface area contributed by atoms with Gasteiger partial charge in [-0.25, -0.2) is 0 Å². The van der Waals surface area contributed by atoms with Crippen molar-refractivity contribution in [2.45, 2.75) is 39.8 Å². The van der Waals surface area contributed by atoms with Crippen molar-refractivity contribution in [3.05, 3.63) is 23.8 Å². The third kappa shape index (κ3) is 3.93. The monoisotopic (exact) mass is 237 g/mol. The molecular formula is C14H23NO2. The minimum atomic E-state index is 0.162. The maximum absolute atomic E-state index is 5.84. The van der Waals surface area contributed by atoms with E-state index in [-0.39, 0.29) is 12.1 Å². The Morgan fingerprint density at radius 2 is 1.94 bits per heavy atom. The SMILES string of the molecule is CCNC(C)c1ccc(OC)cc1OC(C)C. The van der Waals surface area contributed by atoms with Crippen molar-refractivity contribution < 1.29 is 9.47 Å². The van der Waals surface area contributed by atoms with Gasteiger partial charge in [0.05, 0.1) is 13.2 Å². The largest absolute Gasteiger partial charge is 0.497 e. The molecule has 0 spiro atoms. The lowest BCUT2D eigenvalue weighted by atomic mass is 10.1. The summed E-state index contributed by atoms with van der Waals surface area (Å²) in [6.07, 6.45) is 0.162. The molecule has 0 heterocycles. The lowest BCUT2D eigenvalue weighted by Crippen LogP contribution is -2.19. The summed E-state index contributed by atoms with van der Waals surface area (Å²) < 4.78 is 11.1. The first-order valence-electron chi connectivity index (χ1n) is 6.16. The zero-order valence-corrected chi connectivity index (χ0v) is 11.4. The standard InChI is InChI=1S/C14H23NO2/c1-6-15-11(4)13-8-7-12(16-5)9-14(13)17-10(2)3/h7-11,15H,6H2,1-5H3. The minimum absolute atomic E-state index is 0.162. The summed E-state index contributed by atoms with van der Waals surface area (Å²) in [5.74, 6) is 1.72. The summed E-state index contributed by atoms with van der Waals surface area (Å²) in [4.78, 5) is 0. The highest BCUT2D eigenvalue weighted by atomic mass is 16.5. The molecule has 0 saturated carbocycles. The molecule has 0 radical (unpaired) electrons. The van der Waals surface area contributed by atoms with Crippen LogP contribution in [0, 0.1) is 0 Å². The highest BCUT2D eigenvalue weighted by Crippen LogP contribution is 2.30. The van der Waals surface area contributed by atoms with Crippen molar-refractivity contribution in [1.29, 1.82) is 0 Å². The fourth-order valence-corrected chi connectivity index (χ4v) is 1.77. The van der Waals surface area contributed by atoms with Gasteiger partial charge in [-0.05, 0) is 33.4 Å². The van der Waals surface area contributed by atoms with Gasteiger partial charge >= 0.3 is 0 Å². The Hall–Kier alpha value is -1.22. The summed E-state index contributed by atoms with van der Waals surface area (Å²) in [6, 6.07) is 6.25. The summed E-state index contributed by atoms with van der Waals surface area (Å²) in [5.41, 5.74) is 1.17. The van der Waals surface area contributed by atoms with E-state index in [1.54, 1.807) is 7.11 Å². The van der Waals surface area contributed by atoms with Crippen molar-refractivity contribution >= 4 is 0 Å². The Morgan fingerprint density at radius 3 is 2.47 bits per heavy atom. The molecule has 3 nitrogen and oxygen atoms in total. The number of methoxy groups -OCH3 is 1. The zero-order valence-electron chi connectivity index (χ0n) is 11.4. The van der Waals surface area contributed by atoms with Gasteiger partial charge in [0.1, 0.15) is 11.5 Å². The summed E-state index contributed by atoms with van der Waals surface area (Å²) in [7, 11) is 1.67. The van der Waals surface area contributed by atoms with E-state index >= 15 is 0 Å². The second-order valence-corrected chi connectivity index (χ2v) is 4.35. The lowest BCUT2D eigenvalue weighted by molar-refractivity contribution is 0.237. The van der Waals surface area contributed by atoms with E-state index in [2.05, 4.69) is 25.2 Å². The summed E-state index contributed by atoms with van der Waals surface area (Å²) in [6.45, 7) is 9.23. The van der Waals surface area contributed by atoms with E-state index in [4.69, 9.17) is 9.47 Å². The highest BCUT2D eigenvalue weighted by molar-refractivity contribution is 5.42. The number of nitrogens with one attached hydrogen (secondary N) is 1. The van der Waals surface area contributed by atoms with Gasteiger partial charge in [-0.2, -0.15) is 0 Å². The number of benzene rings is 1. The number of hydrogen-bond donors (Lipinski definition) is 1. The van der Waals surface area contributed by atoms with Crippen LogP contribution in [0.15, 0.2) is 18.2 Å². The molecule has 0 aromatic heterocycles. The molecule has 1 aromatic carbocycles. The second-order valence-electron chi connectivity index (χ2n) is 4.35. The van der Waals surface area contributed by atoms with Crippen LogP contribution in [-0.4, -0.2) is 19.8 Å². The van der Waals surface area contributed by atoms with E-state index in [0.29, 0.717) is 0 Å². The molecule has 0 saturated heterocycles. The topological polar surface area (TPSA) is 30.5 Å². The summed E-state index contributed by atoms with van der Waals surface area (Å²) in [5, 5.41) is 3.39. The zero-order chi connectivity index (χ0) is 12.8. The lowest BCUT2D eigenvalue weighted by Gasteiger charge is -2.20. The maximum Gasteiger partial charge on any atom is 0.128 e. The molecule has 0 fully saturated rings. The van der Waals surface area contributed by atoms with Crippen LogP contribution in [0.5, 0.6) is 11.5 Å². The molecule has 1 unspecified atom stereocenters. The van der Waals surface area contributed by atoms with Crippen molar-refractivity contribution in [2.75, 3.05) is 13.7 Å². The Balaban J connectivity index is 3.01. The van der Waals surface area contributed by atoms with Gasteiger partial charge in [-0.1, -0.05) is 13.0 Å². The fraction of sp³-hybridized carbons (Fsp3) is 0.571. The van der Waals surface area contributed by atoms with E-state index in [9.17, 15) is 0 Å². The predicted octanol–water partition coefficient (Wildman–Crippen LogP) is 3.15. The molecule has 3 heteroatoms. The van der Waals surface area contributed by atoms with Gasteiger partial charge in [0.2, 0.25) is 0 Å². The molecule has 1 atom stereocenters. The smallest absolute Gasteiger partial charge is 0.128 e. The van der Waals surface area contributed by atoms with Gasteiger partial charge in [-0.3, -0.25) is 0 Å². The first-order valence-corrected chi connectivity index (χ1v) is 6.16. The van der Waals surface area contributed by atoms with E-state index in [0.717, 1.165) is 18.0 Å². The van der Waals surface area contributed by atoms with Crippen molar-refractivity contribution in [3.8, 4) is 11.5 Å². The molecule has 0 aliphatic rings. The normalized spacial score (nSPS) is 12.6. The van der Waals surface area contributed by atoms with Crippen LogP contribution in [0.4, 0.5) is 0 Å². The van der Waals surface area contributed by atoms with Crippen molar-refractivity contribution in [3.63, 3.8) is 0 Å². The van der Waals surface area contributed by atoms with E-state index < -0.39 is 0 Å². The third-order valence-corrected chi connectivity index (χ3v) is 2.56. The van der Waals surface area contributed by atoms with Gasteiger partial charge < -0.3 is 14.8 Å². The molecule has 0 aliphatic carbocycles. The molecule has 1 aromatic rings. The van der Waals surface area contributed by atoms with Gasteiger partial charge in [0, 0.05) is 17.7 Å². The first kappa shape index (κ1) is 13.8. The van der Waals surface area contributed by atoms with E-state index in [1.165, 1.54) is 5.56 Å². The van der Waals surface area contributed by atoms with Gasteiger partial charge in [0.15, 0.2) is 0 Å². The minimum Gasteiger partial charge on any atom is -0.497 e. The second kappa shape index (κ2) is 6.50. The van der Waals surface area contributed by atoms with Crippen LogP contribution in [0.2, 0.25) is 0 Å². The highest BCUT2D eigenvalue weighted by Gasteiger charge is 2.13. The molecule has 0 bridgehead atoms. The predicted molar refractivity (Wildman–Crippen MR) is 70.8 cm³/mol. The van der Waals surface area contributed by atoms with Crippen LogP contribution < -0.4 is 14.8 Å². The molecule has 1 rings (SSSR count). The number of ether oxygens (including phenoxy) is 2. The Kier molecular flexibility index (Phi) is 5.29. The Labute approximate surface area is 104 Å². The molecule has 0 aliphatic heterocycles.